The van der Waals surface area contributed by atoms with Crippen molar-refractivity contribution in [1.82, 2.24) is 9.97 Å². The van der Waals surface area contributed by atoms with Crippen LogP contribution >= 0.6 is 11.6 Å². The number of rotatable bonds is 5. The summed E-state index contributed by atoms with van der Waals surface area (Å²) in [7, 11) is 0. The number of hydrogen-bond acceptors (Lipinski definition) is 4. The Labute approximate surface area is 128 Å². The molecule has 2 unspecified atom stereocenters. The fourth-order valence-electron chi connectivity index (χ4n) is 1.88. The van der Waals surface area contributed by atoms with E-state index in [1.165, 1.54) is 12.4 Å². The number of ether oxygens (including phenoxy) is 1. The molecule has 5 nitrogen and oxygen atoms in total. The largest absolute Gasteiger partial charge is 0.477 e. The zero-order valence-corrected chi connectivity index (χ0v) is 12.6. The molecule has 0 amide bonds. The SMILES string of the molecule is CC(C)COC1C=C(c2cc(C(=O)O)ncn2)C=CC1Cl. The van der Waals surface area contributed by atoms with Crippen molar-refractivity contribution in [3.05, 3.63) is 42.0 Å². The van der Waals surface area contributed by atoms with Crippen LogP contribution in [-0.4, -0.2) is 39.1 Å². The van der Waals surface area contributed by atoms with Crippen LogP contribution in [-0.2, 0) is 4.74 Å². The third-order valence-electron chi connectivity index (χ3n) is 2.92. The Kier molecular flexibility index (Phi) is 5.09. The lowest BCUT2D eigenvalue weighted by Crippen LogP contribution is -2.25. The van der Waals surface area contributed by atoms with Gasteiger partial charge in [0.05, 0.1) is 17.2 Å². The van der Waals surface area contributed by atoms with Gasteiger partial charge in [-0.25, -0.2) is 14.8 Å². The summed E-state index contributed by atoms with van der Waals surface area (Å²) in [6, 6.07) is 1.44. The molecule has 2 atom stereocenters. The maximum Gasteiger partial charge on any atom is 0.354 e. The summed E-state index contributed by atoms with van der Waals surface area (Å²) in [5.74, 6) is -0.670. The van der Waals surface area contributed by atoms with E-state index in [9.17, 15) is 4.79 Å². The minimum Gasteiger partial charge on any atom is -0.477 e. The molecule has 1 aromatic rings. The molecule has 112 valence electrons. The van der Waals surface area contributed by atoms with Crippen LogP contribution in [0.3, 0.4) is 0 Å². The molecule has 2 rings (SSSR count). The summed E-state index contributed by atoms with van der Waals surface area (Å²) in [6.45, 7) is 4.74. The van der Waals surface area contributed by atoms with Crippen molar-refractivity contribution in [2.45, 2.75) is 25.3 Å². The predicted octanol–water partition coefficient (Wildman–Crippen LogP) is 2.78. The summed E-state index contributed by atoms with van der Waals surface area (Å²) < 4.78 is 5.77. The topological polar surface area (TPSA) is 72.3 Å². The van der Waals surface area contributed by atoms with Crippen LogP contribution in [0, 0.1) is 5.92 Å². The highest BCUT2D eigenvalue weighted by molar-refractivity contribution is 6.22. The molecule has 0 radical (unpaired) electrons. The van der Waals surface area contributed by atoms with Crippen molar-refractivity contribution in [1.29, 1.82) is 0 Å². The summed E-state index contributed by atoms with van der Waals surface area (Å²) in [5.41, 5.74) is 1.29. The molecule has 0 saturated carbocycles. The standard InChI is InChI=1S/C15H17ClN2O3/c1-9(2)7-21-14-5-10(3-4-11(14)16)12-6-13(15(19)20)18-8-17-12/h3-6,8-9,11,14H,7H2,1-2H3,(H,19,20). The monoisotopic (exact) mass is 308 g/mol. The van der Waals surface area contributed by atoms with Crippen molar-refractivity contribution < 1.29 is 14.6 Å². The van der Waals surface area contributed by atoms with Crippen molar-refractivity contribution in [3.63, 3.8) is 0 Å². The maximum absolute atomic E-state index is 11.0. The third-order valence-corrected chi connectivity index (χ3v) is 3.32. The normalized spacial score (nSPS) is 21.4. The summed E-state index contributed by atoms with van der Waals surface area (Å²) in [4.78, 5) is 18.8. The van der Waals surface area contributed by atoms with Gasteiger partial charge in [-0.15, -0.1) is 11.6 Å². The Balaban J connectivity index is 2.22. The van der Waals surface area contributed by atoms with Crippen molar-refractivity contribution in [2.75, 3.05) is 6.61 Å². The van der Waals surface area contributed by atoms with Gasteiger partial charge in [-0.05, 0) is 23.6 Å². The number of aromatic nitrogens is 2. The first kappa shape index (κ1) is 15.7. The van der Waals surface area contributed by atoms with E-state index in [2.05, 4.69) is 23.8 Å². The number of halogens is 1. The number of hydrogen-bond donors (Lipinski definition) is 1. The van der Waals surface area contributed by atoms with Crippen LogP contribution < -0.4 is 0 Å². The lowest BCUT2D eigenvalue weighted by atomic mass is 10.0. The number of carboxylic acids is 1. The van der Waals surface area contributed by atoms with E-state index in [1.807, 2.05) is 18.2 Å². The van der Waals surface area contributed by atoms with Gasteiger partial charge in [0.25, 0.3) is 0 Å². The second-order valence-electron chi connectivity index (χ2n) is 5.21. The van der Waals surface area contributed by atoms with E-state index in [1.54, 1.807) is 0 Å². The molecule has 1 aliphatic rings. The maximum atomic E-state index is 11.0. The average Bonchev–Trinajstić information content (AvgIpc) is 2.46. The van der Waals surface area contributed by atoms with Gasteiger partial charge < -0.3 is 9.84 Å². The molecular formula is C15H17ClN2O3. The minimum atomic E-state index is -1.08. The van der Waals surface area contributed by atoms with Crippen molar-refractivity contribution in [2.24, 2.45) is 5.92 Å². The van der Waals surface area contributed by atoms with E-state index < -0.39 is 5.97 Å². The molecule has 1 heterocycles. The predicted molar refractivity (Wildman–Crippen MR) is 80.3 cm³/mol. The van der Waals surface area contributed by atoms with Gasteiger partial charge >= 0.3 is 5.97 Å². The first-order chi connectivity index (χ1) is 9.97. The van der Waals surface area contributed by atoms with Crippen LogP contribution in [0.2, 0.25) is 0 Å². The lowest BCUT2D eigenvalue weighted by Gasteiger charge is -2.23. The van der Waals surface area contributed by atoms with Gasteiger partial charge in [0.1, 0.15) is 6.33 Å². The number of carboxylic acid groups (broad SMARTS) is 1. The minimum absolute atomic E-state index is 0.0399. The number of allylic oxidation sites excluding steroid dienone is 2. The lowest BCUT2D eigenvalue weighted by molar-refractivity contribution is 0.0686. The molecule has 0 aliphatic heterocycles. The van der Waals surface area contributed by atoms with Crippen LogP contribution in [0.15, 0.2) is 30.6 Å². The summed E-state index contributed by atoms with van der Waals surface area (Å²) in [6.07, 6.45) is 6.50. The van der Waals surface area contributed by atoms with E-state index in [-0.39, 0.29) is 17.2 Å². The fraction of sp³-hybridized carbons (Fsp3) is 0.400. The van der Waals surface area contributed by atoms with Gasteiger partial charge in [-0.2, -0.15) is 0 Å². The molecule has 0 aromatic carbocycles. The third kappa shape index (κ3) is 4.12. The number of alkyl halides is 1. The summed E-state index contributed by atoms with van der Waals surface area (Å²) in [5, 5.41) is 8.73. The van der Waals surface area contributed by atoms with Gasteiger partial charge in [0.15, 0.2) is 5.69 Å². The second kappa shape index (κ2) is 6.83. The van der Waals surface area contributed by atoms with Gasteiger partial charge in [-0.1, -0.05) is 26.0 Å². The Morgan fingerprint density at radius 2 is 2.24 bits per heavy atom. The Bertz CT molecular complexity index is 584. The molecule has 0 bridgehead atoms. The Morgan fingerprint density at radius 1 is 1.48 bits per heavy atom. The summed E-state index contributed by atoms with van der Waals surface area (Å²) >= 11 is 6.22. The van der Waals surface area contributed by atoms with E-state index in [4.69, 9.17) is 21.4 Å². The molecule has 0 spiro atoms. The van der Waals surface area contributed by atoms with Crippen molar-refractivity contribution >= 4 is 23.1 Å². The highest BCUT2D eigenvalue weighted by Gasteiger charge is 2.21. The van der Waals surface area contributed by atoms with Crippen LogP contribution in [0.4, 0.5) is 0 Å². The molecule has 1 aromatic heterocycles. The molecule has 6 heteroatoms. The molecule has 1 aliphatic carbocycles. The fourth-order valence-corrected chi connectivity index (χ4v) is 2.09. The number of nitrogens with zero attached hydrogens (tertiary/aromatic N) is 2. The average molecular weight is 309 g/mol. The number of carbonyl (C=O) groups is 1. The molecule has 0 saturated heterocycles. The van der Waals surface area contributed by atoms with Crippen LogP contribution in [0.1, 0.15) is 30.0 Å². The van der Waals surface area contributed by atoms with Crippen LogP contribution in [0.5, 0.6) is 0 Å². The first-order valence-electron chi connectivity index (χ1n) is 6.68. The molecular weight excluding hydrogens is 292 g/mol. The molecule has 1 N–H and O–H groups in total. The quantitative estimate of drug-likeness (QED) is 0.847. The van der Waals surface area contributed by atoms with Gasteiger partial charge in [-0.3, -0.25) is 0 Å². The number of aromatic carboxylic acids is 1. The van der Waals surface area contributed by atoms with E-state index in [0.29, 0.717) is 18.2 Å². The second-order valence-corrected chi connectivity index (χ2v) is 5.71. The molecule has 21 heavy (non-hydrogen) atoms. The highest BCUT2D eigenvalue weighted by Crippen LogP contribution is 2.25. The van der Waals surface area contributed by atoms with Gasteiger partial charge in [0, 0.05) is 6.61 Å². The Morgan fingerprint density at radius 3 is 2.90 bits per heavy atom. The smallest absolute Gasteiger partial charge is 0.354 e. The Hall–Kier alpha value is -1.72. The van der Waals surface area contributed by atoms with Crippen LogP contribution in [0.25, 0.3) is 5.57 Å². The zero-order chi connectivity index (χ0) is 15.4. The zero-order valence-electron chi connectivity index (χ0n) is 11.9. The molecule has 0 fully saturated rings. The van der Waals surface area contributed by atoms with Gasteiger partial charge in [0.2, 0.25) is 0 Å². The first-order valence-corrected chi connectivity index (χ1v) is 7.12. The highest BCUT2D eigenvalue weighted by atomic mass is 35.5. The van der Waals surface area contributed by atoms with E-state index >= 15 is 0 Å². The van der Waals surface area contributed by atoms with E-state index in [0.717, 1.165) is 5.57 Å². The van der Waals surface area contributed by atoms with Crippen molar-refractivity contribution in [3.8, 4) is 0 Å².